The van der Waals surface area contributed by atoms with E-state index in [4.69, 9.17) is 5.11 Å². The number of hydrogen-bond donors (Lipinski definition) is 3. The number of sulfone groups is 1. The summed E-state index contributed by atoms with van der Waals surface area (Å²) in [6.45, 7) is 3.28. The molecule has 2 rings (SSSR count). The third-order valence-corrected chi connectivity index (χ3v) is 10.7. The van der Waals surface area contributed by atoms with Crippen LogP contribution in [0.4, 0.5) is 0 Å². The second-order valence-corrected chi connectivity index (χ2v) is 13.2. The molecule has 1 aliphatic rings. The van der Waals surface area contributed by atoms with Crippen molar-refractivity contribution in [3.8, 4) is 0 Å². The molecule has 1 aromatic rings. The molecular formula is C19H26N2O10S3. The highest BCUT2D eigenvalue weighted by Crippen LogP contribution is 2.42. The maximum atomic E-state index is 12.7. The Labute approximate surface area is 201 Å². The number of carboxylic acid groups (broad SMARTS) is 1. The van der Waals surface area contributed by atoms with E-state index in [1.165, 1.54) is 6.07 Å². The number of fused-ring (bicyclic) bond motifs is 1. The van der Waals surface area contributed by atoms with Crippen LogP contribution in [-0.4, -0.2) is 64.0 Å². The van der Waals surface area contributed by atoms with Crippen molar-refractivity contribution in [2.75, 3.05) is 13.2 Å². The normalized spacial score (nSPS) is 19.1. The highest BCUT2D eigenvalue weighted by molar-refractivity contribution is 7.95. The lowest BCUT2D eigenvalue weighted by molar-refractivity contribution is -0.150. The Morgan fingerprint density at radius 1 is 1.18 bits per heavy atom. The standard InChI is InChI=1S/C19H26N2O10S3/c1-3-20-14-8-11(2)33(27,28)19-13(14)9-18(32-19)34(29,30)21-15(23)5-4-12(22)10-31-17(26)7-6-16(24)25/h9,11,14,20H,3-8,10H2,1-2H3,(H,21,23)(H,24,25)/t11-,14-/m0/s1. The number of ketones is 1. The van der Waals surface area contributed by atoms with Crippen LogP contribution in [0.25, 0.3) is 0 Å². The predicted molar refractivity (Wildman–Crippen MR) is 119 cm³/mol. The first kappa shape index (κ1) is 27.9. The summed E-state index contributed by atoms with van der Waals surface area (Å²) in [6.07, 6.45) is -1.49. The van der Waals surface area contributed by atoms with Crippen molar-refractivity contribution < 1.29 is 45.9 Å². The summed E-state index contributed by atoms with van der Waals surface area (Å²) in [5, 5.41) is 10.9. The zero-order valence-corrected chi connectivity index (χ0v) is 21.0. The second-order valence-electron chi connectivity index (χ2n) is 7.63. The minimum absolute atomic E-state index is 0.0510. The van der Waals surface area contributed by atoms with Crippen molar-refractivity contribution in [3.05, 3.63) is 11.6 Å². The molecule has 3 N–H and O–H groups in total. The molecule has 0 aliphatic carbocycles. The number of hydrogen-bond acceptors (Lipinski definition) is 11. The molecular weight excluding hydrogens is 512 g/mol. The molecule has 0 radical (unpaired) electrons. The van der Waals surface area contributed by atoms with Crippen LogP contribution in [-0.2, 0) is 43.8 Å². The molecule has 190 valence electrons. The fraction of sp³-hybridized carbons (Fsp3) is 0.579. The van der Waals surface area contributed by atoms with Crippen LogP contribution in [0.3, 0.4) is 0 Å². The number of nitrogens with one attached hydrogen (secondary N) is 2. The Morgan fingerprint density at radius 3 is 2.47 bits per heavy atom. The van der Waals surface area contributed by atoms with Crippen LogP contribution in [0.5, 0.6) is 0 Å². The van der Waals surface area contributed by atoms with Gasteiger partial charge in [0.25, 0.3) is 10.0 Å². The van der Waals surface area contributed by atoms with Gasteiger partial charge < -0.3 is 15.2 Å². The van der Waals surface area contributed by atoms with Gasteiger partial charge in [-0.3, -0.25) is 19.2 Å². The molecule has 12 nitrogen and oxygen atoms in total. The van der Waals surface area contributed by atoms with E-state index in [0.29, 0.717) is 23.4 Å². The summed E-state index contributed by atoms with van der Waals surface area (Å²) in [7, 11) is -8.08. The van der Waals surface area contributed by atoms with Crippen molar-refractivity contribution in [2.24, 2.45) is 0 Å². The first-order chi connectivity index (χ1) is 15.8. The van der Waals surface area contributed by atoms with Crippen molar-refractivity contribution in [3.63, 3.8) is 0 Å². The van der Waals surface area contributed by atoms with Crippen molar-refractivity contribution >= 4 is 54.8 Å². The molecule has 1 aromatic heterocycles. The summed E-state index contributed by atoms with van der Waals surface area (Å²) in [4.78, 5) is 45.6. The monoisotopic (exact) mass is 538 g/mol. The van der Waals surface area contributed by atoms with Gasteiger partial charge in [-0.05, 0) is 26.0 Å². The third-order valence-electron chi connectivity index (χ3n) is 4.97. The lowest BCUT2D eigenvalue weighted by atomic mass is 10.1. The number of carbonyl (C=O) groups excluding carboxylic acids is 3. The van der Waals surface area contributed by atoms with E-state index in [1.54, 1.807) is 6.92 Å². The van der Waals surface area contributed by atoms with Crippen LogP contribution in [0.1, 0.15) is 57.6 Å². The summed E-state index contributed by atoms with van der Waals surface area (Å²) in [5.41, 5.74) is 0.345. The van der Waals surface area contributed by atoms with E-state index < -0.39 is 81.0 Å². The van der Waals surface area contributed by atoms with Gasteiger partial charge in [-0.1, -0.05) is 6.92 Å². The van der Waals surface area contributed by atoms with Crippen molar-refractivity contribution in [1.29, 1.82) is 0 Å². The van der Waals surface area contributed by atoms with Crippen LogP contribution >= 0.6 is 11.3 Å². The Balaban J connectivity index is 1.99. The van der Waals surface area contributed by atoms with Gasteiger partial charge in [-0.25, -0.2) is 21.6 Å². The Bertz CT molecular complexity index is 1170. The fourth-order valence-corrected chi connectivity index (χ4v) is 8.20. The molecule has 2 heterocycles. The van der Waals surface area contributed by atoms with Gasteiger partial charge in [0.05, 0.1) is 18.1 Å². The summed E-state index contributed by atoms with van der Waals surface area (Å²) < 4.78 is 56.7. The SMILES string of the molecule is CCN[C@H]1C[C@H](C)S(=O)(=O)c2sc(S(=O)(=O)NC(=O)CCC(=O)COC(=O)CCC(=O)O)cc21. The van der Waals surface area contributed by atoms with E-state index in [1.807, 2.05) is 11.6 Å². The van der Waals surface area contributed by atoms with Crippen molar-refractivity contribution in [2.45, 2.75) is 65.7 Å². The lowest BCUT2D eigenvalue weighted by Gasteiger charge is -2.27. The molecule has 0 unspecified atom stereocenters. The zero-order chi connectivity index (χ0) is 25.7. The average Bonchev–Trinajstić information content (AvgIpc) is 3.21. The number of Topliss-reactive ketones (excluding diaryl/α,β-unsaturated/α-hetero) is 1. The van der Waals surface area contributed by atoms with Gasteiger partial charge in [-0.15, -0.1) is 11.3 Å². The van der Waals surface area contributed by atoms with Gasteiger partial charge in [0.2, 0.25) is 5.91 Å². The van der Waals surface area contributed by atoms with Gasteiger partial charge >= 0.3 is 11.9 Å². The maximum absolute atomic E-state index is 12.7. The van der Waals surface area contributed by atoms with E-state index in [9.17, 15) is 36.0 Å². The highest BCUT2D eigenvalue weighted by atomic mass is 32.3. The number of esters is 1. The molecule has 34 heavy (non-hydrogen) atoms. The van der Waals surface area contributed by atoms with Gasteiger partial charge in [-0.2, -0.15) is 0 Å². The van der Waals surface area contributed by atoms with Crippen LogP contribution < -0.4 is 10.0 Å². The van der Waals surface area contributed by atoms with Gasteiger partial charge in [0.15, 0.2) is 15.6 Å². The smallest absolute Gasteiger partial charge is 0.306 e. The second kappa shape index (κ2) is 11.4. The van der Waals surface area contributed by atoms with Gasteiger partial charge in [0.1, 0.15) is 15.0 Å². The van der Waals surface area contributed by atoms with Crippen LogP contribution in [0.2, 0.25) is 0 Å². The average molecular weight is 539 g/mol. The van der Waals surface area contributed by atoms with Crippen LogP contribution in [0, 0.1) is 0 Å². The molecule has 0 aromatic carbocycles. The number of sulfonamides is 1. The lowest BCUT2D eigenvalue weighted by Crippen LogP contribution is -2.33. The summed E-state index contributed by atoms with van der Waals surface area (Å²) >= 11 is 0.570. The molecule has 0 spiro atoms. The molecule has 0 bridgehead atoms. The number of carboxylic acids is 1. The first-order valence-electron chi connectivity index (χ1n) is 10.3. The number of aliphatic carboxylic acids is 1. The number of amides is 1. The topological polar surface area (TPSA) is 190 Å². The van der Waals surface area contributed by atoms with Crippen molar-refractivity contribution in [1.82, 2.24) is 10.0 Å². The molecule has 1 amide bonds. The highest BCUT2D eigenvalue weighted by Gasteiger charge is 2.39. The zero-order valence-electron chi connectivity index (χ0n) is 18.5. The van der Waals surface area contributed by atoms with Crippen LogP contribution in [0.15, 0.2) is 14.5 Å². The largest absolute Gasteiger partial charge is 0.481 e. The van der Waals surface area contributed by atoms with E-state index >= 15 is 0 Å². The van der Waals surface area contributed by atoms with E-state index in [-0.39, 0.29) is 20.9 Å². The Hall–Kier alpha value is -2.36. The Kier molecular flexibility index (Phi) is 9.33. The minimum Gasteiger partial charge on any atom is -0.481 e. The molecule has 0 saturated carbocycles. The van der Waals surface area contributed by atoms with E-state index in [2.05, 4.69) is 10.1 Å². The third kappa shape index (κ3) is 7.07. The number of ether oxygens (including phenoxy) is 1. The number of rotatable bonds is 12. The predicted octanol–water partition coefficient (Wildman–Crippen LogP) is 0.527. The minimum atomic E-state index is -4.37. The molecule has 2 atom stereocenters. The Morgan fingerprint density at radius 2 is 1.85 bits per heavy atom. The molecule has 0 fully saturated rings. The molecule has 0 saturated heterocycles. The number of carbonyl (C=O) groups is 4. The van der Waals surface area contributed by atoms with Gasteiger partial charge in [0, 0.05) is 24.4 Å². The summed E-state index contributed by atoms with van der Waals surface area (Å²) in [6, 6.07) is 0.902. The molecule has 1 aliphatic heterocycles. The quantitative estimate of drug-likeness (QED) is 0.315. The first-order valence-corrected chi connectivity index (χ1v) is 14.2. The number of thiophene rings is 1. The maximum Gasteiger partial charge on any atom is 0.306 e. The fourth-order valence-electron chi connectivity index (χ4n) is 3.19. The summed E-state index contributed by atoms with van der Waals surface area (Å²) in [5.74, 6) is -3.73. The molecule has 15 heteroatoms. The van der Waals surface area contributed by atoms with E-state index in [0.717, 1.165) is 0 Å².